The number of piperidine rings is 1. The van der Waals surface area contributed by atoms with Crippen molar-refractivity contribution in [3.8, 4) is 0 Å². The summed E-state index contributed by atoms with van der Waals surface area (Å²) in [6.07, 6.45) is 0.619. The van der Waals surface area contributed by atoms with E-state index in [0.717, 1.165) is 11.3 Å². The van der Waals surface area contributed by atoms with E-state index >= 15 is 0 Å². The largest absolute Gasteiger partial charge is 0.476 e. The van der Waals surface area contributed by atoms with E-state index in [2.05, 4.69) is 15.0 Å². The van der Waals surface area contributed by atoms with Gasteiger partial charge in [0.1, 0.15) is 0 Å². The molecule has 1 aliphatic heterocycles. The summed E-state index contributed by atoms with van der Waals surface area (Å²) >= 11 is 0.744. The van der Waals surface area contributed by atoms with Gasteiger partial charge in [-0.15, -0.1) is 11.3 Å². The summed E-state index contributed by atoms with van der Waals surface area (Å²) in [6.45, 7) is 0.194. The second kappa shape index (κ2) is 5.23. The molecule has 1 unspecified atom stereocenters. The van der Waals surface area contributed by atoms with E-state index in [9.17, 15) is 18.0 Å². The first-order chi connectivity index (χ1) is 8.90. The van der Waals surface area contributed by atoms with Crippen LogP contribution in [0.4, 0.5) is 0 Å². The van der Waals surface area contributed by atoms with Crippen molar-refractivity contribution < 1.29 is 23.1 Å². The van der Waals surface area contributed by atoms with Gasteiger partial charge in [0.15, 0.2) is 9.90 Å². The number of hydrogen-bond donors (Lipinski definition) is 3. The van der Waals surface area contributed by atoms with E-state index in [1.807, 2.05) is 0 Å². The molecule has 0 aliphatic carbocycles. The standard InChI is InChI=1S/C9H11N3O5S2/c13-6-2-1-5(3-10-6)12-19(16,17)9-7(8(14)15)11-4-18-9/h4-5,12H,1-3H2,(H,10,13)(H,14,15). The lowest BCUT2D eigenvalue weighted by molar-refractivity contribution is -0.122. The maximum atomic E-state index is 12.1. The molecule has 104 valence electrons. The van der Waals surface area contributed by atoms with Crippen molar-refractivity contribution >= 4 is 33.2 Å². The van der Waals surface area contributed by atoms with Gasteiger partial charge in [0, 0.05) is 19.0 Å². The molecule has 0 spiro atoms. The molecule has 1 aliphatic rings. The van der Waals surface area contributed by atoms with Crippen LogP contribution in [-0.2, 0) is 14.8 Å². The zero-order chi connectivity index (χ0) is 14.0. The number of aromatic carboxylic acids is 1. The molecule has 0 radical (unpaired) electrons. The van der Waals surface area contributed by atoms with Gasteiger partial charge in [-0.1, -0.05) is 0 Å². The van der Waals surface area contributed by atoms with Crippen molar-refractivity contribution in [1.82, 2.24) is 15.0 Å². The minimum absolute atomic E-state index is 0.125. The summed E-state index contributed by atoms with van der Waals surface area (Å²) in [5.74, 6) is -1.52. The van der Waals surface area contributed by atoms with Crippen LogP contribution in [0, 0.1) is 0 Å². The fourth-order valence-electron chi connectivity index (χ4n) is 1.67. The molecular formula is C9H11N3O5S2. The Morgan fingerprint density at radius 2 is 2.32 bits per heavy atom. The predicted octanol–water partition coefficient (Wildman–Crippen LogP) is -0.602. The van der Waals surface area contributed by atoms with Crippen LogP contribution in [0.3, 0.4) is 0 Å². The third-order valence-electron chi connectivity index (χ3n) is 2.57. The molecule has 0 aromatic carbocycles. The Morgan fingerprint density at radius 1 is 1.58 bits per heavy atom. The molecule has 1 amide bonds. The molecule has 0 bridgehead atoms. The number of nitrogens with zero attached hydrogens (tertiary/aromatic N) is 1. The Labute approximate surface area is 112 Å². The molecule has 10 heteroatoms. The number of nitrogens with one attached hydrogen (secondary N) is 2. The monoisotopic (exact) mass is 305 g/mol. The number of carbonyl (C=O) groups is 2. The summed E-state index contributed by atoms with van der Waals surface area (Å²) in [7, 11) is -3.94. The summed E-state index contributed by atoms with van der Waals surface area (Å²) in [6, 6.07) is -0.438. The first kappa shape index (κ1) is 13.9. The fourth-order valence-corrected chi connectivity index (χ4v) is 4.10. The maximum Gasteiger partial charge on any atom is 0.356 e. The average Bonchev–Trinajstić information content (AvgIpc) is 2.82. The molecule has 1 saturated heterocycles. The lowest BCUT2D eigenvalue weighted by atomic mass is 10.1. The van der Waals surface area contributed by atoms with E-state index in [-0.39, 0.29) is 23.1 Å². The Morgan fingerprint density at radius 3 is 2.89 bits per heavy atom. The van der Waals surface area contributed by atoms with Crippen LogP contribution in [-0.4, -0.2) is 43.0 Å². The second-order valence-electron chi connectivity index (χ2n) is 3.95. The van der Waals surface area contributed by atoms with Gasteiger partial charge >= 0.3 is 5.97 Å². The molecule has 1 aromatic rings. The van der Waals surface area contributed by atoms with E-state index in [1.54, 1.807) is 0 Å². The highest BCUT2D eigenvalue weighted by Gasteiger charge is 2.29. The summed E-state index contributed by atoms with van der Waals surface area (Å²) < 4.78 is 26.2. The first-order valence-electron chi connectivity index (χ1n) is 5.36. The highest BCUT2D eigenvalue weighted by molar-refractivity contribution is 7.91. The Balaban J connectivity index is 2.16. The molecular weight excluding hydrogens is 294 g/mol. The second-order valence-corrected chi connectivity index (χ2v) is 6.72. The zero-order valence-corrected chi connectivity index (χ0v) is 11.3. The average molecular weight is 305 g/mol. The van der Waals surface area contributed by atoms with Crippen LogP contribution in [0.2, 0.25) is 0 Å². The lowest BCUT2D eigenvalue weighted by Crippen LogP contribution is -2.47. The van der Waals surface area contributed by atoms with Crippen molar-refractivity contribution in [1.29, 1.82) is 0 Å². The predicted molar refractivity (Wildman–Crippen MR) is 65.4 cm³/mol. The normalized spacial score (nSPS) is 20.0. The maximum absolute atomic E-state index is 12.1. The van der Waals surface area contributed by atoms with Crippen molar-refractivity contribution in [3.63, 3.8) is 0 Å². The molecule has 3 N–H and O–H groups in total. The van der Waals surface area contributed by atoms with Gasteiger partial charge in [0.2, 0.25) is 5.91 Å². The number of sulfonamides is 1. The van der Waals surface area contributed by atoms with Crippen LogP contribution < -0.4 is 10.0 Å². The number of thiazole rings is 1. The van der Waals surface area contributed by atoms with E-state index < -0.39 is 27.7 Å². The van der Waals surface area contributed by atoms with E-state index in [0.29, 0.717) is 6.42 Å². The molecule has 2 heterocycles. The highest BCUT2D eigenvalue weighted by Crippen LogP contribution is 2.20. The first-order valence-corrected chi connectivity index (χ1v) is 7.72. The van der Waals surface area contributed by atoms with E-state index in [4.69, 9.17) is 5.11 Å². The summed E-state index contributed by atoms with van der Waals surface area (Å²) in [5.41, 5.74) is 0.679. The molecule has 1 atom stereocenters. The van der Waals surface area contributed by atoms with Crippen LogP contribution in [0.5, 0.6) is 0 Å². The SMILES string of the molecule is O=C1CCC(NS(=O)(=O)c2scnc2C(=O)O)CN1. The third kappa shape index (κ3) is 3.08. The minimum Gasteiger partial charge on any atom is -0.476 e. The van der Waals surface area contributed by atoms with Gasteiger partial charge < -0.3 is 10.4 Å². The quantitative estimate of drug-likeness (QED) is 0.682. The number of aromatic nitrogens is 1. The Hall–Kier alpha value is -1.52. The number of carboxylic acid groups (broad SMARTS) is 1. The third-order valence-corrected chi connectivity index (χ3v) is 5.46. The molecule has 8 nitrogen and oxygen atoms in total. The fraction of sp³-hybridized carbons (Fsp3) is 0.444. The number of carbonyl (C=O) groups excluding carboxylic acids is 1. The topological polar surface area (TPSA) is 125 Å². The van der Waals surface area contributed by atoms with Gasteiger partial charge in [-0.3, -0.25) is 4.79 Å². The van der Waals surface area contributed by atoms with Gasteiger partial charge in [0.25, 0.3) is 10.0 Å². The number of rotatable bonds is 4. The summed E-state index contributed by atoms with van der Waals surface area (Å²) in [5, 5.41) is 11.4. The van der Waals surface area contributed by atoms with Crippen molar-refractivity contribution in [3.05, 3.63) is 11.2 Å². The van der Waals surface area contributed by atoms with Gasteiger partial charge in [0.05, 0.1) is 5.51 Å². The number of hydrogen-bond acceptors (Lipinski definition) is 6. The zero-order valence-electron chi connectivity index (χ0n) is 9.62. The molecule has 1 fully saturated rings. The smallest absolute Gasteiger partial charge is 0.356 e. The van der Waals surface area contributed by atoms with Crippen molar-refractivity contribution in [2.24, 2.45) is 0 Å². The van der Waals surface area contributed by atoms with Gasteiger partial charge in [-0.25, -0.2) is 22.9 Å². The van der Waals surface area contributed by atoms with Crippen molar-refractivity contribution in [2.75, 3.05) is 6.54 Å². The number of carboxylic acids is 1. The van der Waals surface area contributed by atoms with Crippen LogP contribution in [0.1, 0.15) is 23.3 Å². The van der Waals surface area contributed by atoms with Crippen LogP contribution in [0.15, 0.2) is 9.72 Å². The van der Waals surface area contributed by atoms with Gasteiger partial charge in [-0.2, -0.15) is 0 Å². The van der Waals surface area contributed by atoms with Gasteiger partial charge in [-0.05, 0) is 6.42 Å². The molecule has 1 aromatic heterocycles. The summed E-state index contributed by atoms with van der Waals surface area (Å²) in [4.78, 5) is 25.3. The molecule has 0 saturated carbocycles. The molecule has 19 heavy (non-hydrogen) atoms. The Bertz CT molecular complexity index is 599. The van der Waals surface area contributed by atoms with Crippen LogP contribution >= 0.6 is 11.3 Å². The van der Waals surface area contributed by atoms with E-state index in [1.165, 1.54) is 5.51 Å². The molecule has 2 rings (SSSR count). The Kier molecular flexibility index (Phi) is 3.83. The van der Waals surface area contributed by atoms with Crippen LogP contribution in [0.25, 0.3) is 0 Å². The van der Waals surface area contributed by atoms with Crippen molar-refractivity contribution in [2.45, 2.75) is 23.1 Å². The number of amides is 1. The lowest BCUT2D eigenvalue weighted by Gasteiger charge is -2.22. The highest BCUT2D eigenvalue weighted by atomic mass is 32.2. The minimum atomic E-state index is -3.94.